The third-order valence-corrected chi connectivity index (χ3v) is 4.70. The number of aromatic nitrogens is 4. The van der Waals surface area contributed by atoms with Gasteiger partial charge in [-0.15, -0.1) is 0 Å². The van der Waals surface area contributed by atoms with E-state index in [1.165, 1.54) is 22.4 Å². The number of aryl methyl sites for hydroxylation is 1. The molecule has 11 nitrogen and oxygen atoms in total. The molecular weight excluding hydrogens is 418 g/mol. The number of fused-ring (bicyclic) bond motifs is 1. The number of amides is 1. The molecule has 0 unspecified atom stereocenters. The first-order chi connectivity index (χ1) is 14.9. The van der Waals surface area contributed by atoms with E-state index in [1.807, 2.05) is 0 Å². The molecule has 0 spiro atoms. The molecule has 0 saturated heterocycles. The van der Waals surface area contributed by atoms with Gasteiger partial charge in [0.2, 0.25) is 0 Å². The molecule has 2 heterocycles. The summed E-state index contributed by atoms with van der Waals surface area (Å²) in [5.74, 6) is -0.335. The zero-order valence-corrected chi connectivity index (χ0v) is 19.6. The summed E-state index contributed by atoms with van der Waals surface area (Å²) < 4.78 is 14.5. The topological polar surface area (TPSA) is 126 Å². The molecule has 2 aromatic rings. The molecule has 1 atom stereocenters. The smallest absolute Gasteiger partial charge is 0.407 e. The molecule has 0 bridgehead atoms. The second kappa shape index (κ2) is 10.5. The summed E-state index contributed by atoms with van der Waals surface area (Å²) in [6, 6.07) is 0. The molecule has 0 aliphatic rings. The molecule has 1 amide bonds. The Morgan fingerprint density at radius 2 is 1.84 bits per heavy atom. The van der Waals surface area contributed by atoms with Crippen molar-refractivity contribution >= 4 is 23.2 Å². The van der Waals surface area contributed by atoms with Gasteiger partial charge in [-0.05, 0) is 47.0 Å². The van der Waals surface area contributed by atoms with Gasteiger partial charge in [0.1, 0.15) is 5.60 Å². The Hall–Kier alpha value is -3.11. The van der Waals surface area contributed by atoms with E-state index in [2.05, 4.69) is 10.3 Å². The van der Waals surface area contributed by atoms with E-state index < -0.39 is 22.9 Å². The quantitative estimate of drug-likeness (QED) is 0.453. The predicted molar refractivity (Wildman–Crippen MR) is 119 cm³/mol. The normalized spacial score (nSPS) is 12.6. The van der Waals surface area contributed by atoms with E-state index in [1.54, 1.807) is 39.3 Å². The second-order valence-corrected chi connectivity index (χ2v) is 8.76. The highest BCUT2D eigenvalue weighted by Gasteiger charge is 2.18. The van der Waals surface area contributed by atoms with Crippen molar-refractivity contribution in [2.24, 2.45) is 7.05 Å². The van der Waals surface area contributed by atoms with Crippen molar-refractivity contribution in [3.8, 4) is 0 Å². The van der Waals surface area contributed by atoms with Gasteiger partial charge in [0.25, 0.3) is 5.56 Å². The van der Waals surface area contributed by atoms with Crippen LogP contribution in [0.2, 0.25) is 0 Å². The summed E-state index contributed by atoms with van der Waals surface area (Å²) >= 11 is 0. The maximum Gasteiger partial charge on any atom is 0.407 e. The van der Waals surface area contributed by atoms with Gasteiger partial charge in [0.15, 0.2) is 11.2 Å². The lowest BCUT2D eigenvalue weighted by molar-refractivity contribution is -0.145. The van der Waals surface area contributed by atoms with Crippen LogP contribution < -0.4 is 16.6 Å². The third-order valence-electron chi connectivity index (χ3n) is 4.70. The number of alkyl carbamates (subject to hydrolysis) is 1. The van der Waals surface area contributed by atoms with Gasteiger partial charge in [-0.25, -0.2) is 14.6 Å². The number of hydrogen-bond acceptors (Lipinski definition) is 7. The maximum absolute atomic E-state index is 13.1. The zero-order valence-electron chi connectivity index (χ0n) is 19.6. The van der Waals surface area contributed by atoms with Crippen LogP contribution in [0, 0.1) is 0 Å². The fraction of sp³-hybridized carbons (Fsp3) is 0.667. The van der Waals surface area contributed by atoms with Crippen molar-refractivity contribution in [3.63, 3.8) is 0 Å². The van der Waals surface area contributed by atoms with E-state index in [9.17, 15) is 19.2 Å². The van der Waals surface area contributed by atoms with Crippen LogP contribution in [-0.4, -0.2) is 49.0 Å². The van der Waals surface area contributed by atoms with Gasteiger partial charge < -0.3 is 19.4 Å². The first-order valence-corrected chi connectivity index (χ1v) is 10.7. The summed E-state index contributed by atoms with van der Waals surface area (Å²) in [6.45, 7) is 8.95. The highest BCUT2D eigenvalue weighted by atomic mass is 16.6. The molecule has 1 N–H and O–H groups in total. The van der Waals surface area contributed by atoms with E-state index in [0.29, 0.717) is 24.8 Å². The van der Waals surface area contributed by atoms with Crippen LogP contribution in [0.25, 0.3) is 11.2 Å². The van der Waals surface area contributed by atoms with Crippen LogP contribution in [0.5, 0.6) is 0 Å². The Kier molecular flexibility index (Phi) is 8.23. The molecule has 0 aliphatic carbocycles. The van der Waals surface area contributed by atoms with Gasteiger partial charge in [-0.3, -0.25) is 18.7 Å². The van der Waals surface area contributed by atoms with Crippen molar-refractivity contribution < 1.29 is 19.1 Å². The molecule has 0 aliphatic heterocycles. The highest BCUT2D eigenvalue weighted by molar-refractivity contribution is 5.70. The Labute approximate surface area is 186 Å². The number of ether oxygens (including phenoxy) is 2. The summed E-state index contributed by atoms with van der Waals surface area (Å²) in [5.41, 5.74) is -0.937. The number of carbonyl (C=O) groups is 2. The van der Waals surface area contributed by atoms with Gasteiger partial charge >= 0.3 is 17.8 Å². The lowest BCUT2D eigenvalue weighted by Gasteiger charge is -2.20. The van der Waals surface area contributed by atoms with E-state index >= 15 is 0 Å². The number of carbonyl (C=O) groups excluding carboxylic acids is 2. The first-order valence-electron chi connectivity index (χ1n) is 10.7. The number of hydrogen-bond donors (Lipinski definition) is 1. The minimum Gasteiger partial charge on any atom is -0.463 e. The number of imidazole rings is 1. The van der Waals surface area contributed by atoms with Crippen molar-refractivity contribution in [2.45, 2.75) is 78.7 Å². The Morgan fingerprint density at radius 1 is 1.16 bits per heavy atom. The summed E-state index contributed by atoms with van der Waals surface area (Å²) in [7, 11) is 1.69. The molecule has 11 heteroatoms. The van der Waals surface area contributed by atoms with Crippen LogP contribution in [0.15, 0.2) is 15.9 Å². The van der Waals surface area contributed by atoms with Gasteiger partial charge in [0.05, 0.1) is 12.4 Å². The van der Waals surface area contributed by atoms with Crippen molar-refractivity contribution in [2.75, 3.05) is 6.54 Å². The minimum atomic E-state index is -0.630. The van der Waals surface area contributed by atoms with Crippen molar-refractivity contribution in [3.05, 3.63) is 27.2 Å². The molecular formula is C21H33N5O6. The van der Waals surface area contributed by atoms with Gasteiger partial charge in [0, 0.05) is 33.6 Å². The molecule has 2 rings (SSSR count). The maximum atomic E-state index is 13.1. The van der Waals surface area contributed by atoms with Gasteiger partial charge in [-0.1, -0.05) is 0 Å². The largest absolute Gasteiger partial charge is 0.463 e. The predicted octanol–water partition coefficient (Wildman–Crippen LogP) is 1.54. The van der Waals surface area contributed by atoms with Crippen LogP contribution >= 0.6 is 0 Å². The molecule has 178 valence electrons. The molecule has 0 aromatic carbocycles. The summed E-state index contributed by atoms with van der Waals surface area (Å²) in [5, 5.41) is 2.62. The third kappa shape index (κ3) is 6.69. The monoisotopic (exact) mass is 451 g/mol. The number of nitrogens with one attached hydrogen (secondary N) is 1. The second-order valence-electron chi connectivity index (χ2n) is 8.76. The number of rotatable bonds is 9. The first kappa shape index (κ1) is 25.2. The fourth-order valence-electron chi connectivity index (χ4n) is 3.34. The molecule has 0 saturated carbocycles. The molecule has 2 aromatic heterocycles. The molecule has 0 fully saturated rings. The Bertz CT molecular complexity index is 1080. The van der Waals surface area contributed by atoms with E-state index in [0.717, 1.165) is 0 Å². The average Bonchev–Trinajstić information content (AvgIpc) is 3.03. The van der Waals surface area contributed by atoms with Crippen molar-refractivity contribution in [1.29, 1.82) is 0 Å². The lowest BCUT2D eigenvalue weighted by Crippen LogP contribution is -2.42. The highest BCUT2D eigenvalue weighted by Crippen LogP contribution is 2.08. The molecule has 32 heavy (non-hydrogen) atoms. The van der Waals surface area contributed by atoms with E-state index in [-0.39, 0.29) is 37.4 Å². The number of unbranched alkanes of at least 4 members (excludes halogenated alkanes) is 1. The average molecular weight is 452 g/mol. The molecule has 0 radical (unpaired) electrons. The van der Waals surface area contributed by atoms with Crippen molar-refractivity contribution in [1.82, 2.24) is 24.0 Å². The number of nitrogens with zero attached hydrogens (tertiary/aromatic N) is 4. The SMILES string of the molecule is CC(=O)O[C@H](C)CCCCn1c(=O)c2c(ncn2C)n(CCNC(=O)OC(C)(C)C)c1=O. The standard InChI is InChI=1S/C21H33N5O6/c1-14(31-15(2)27)9-7-8-11-26-18(28)16-17(23-13-24(16)6)25(20(26)30)12-10-22-19(29)32-21(3,4)5/h13-14H,7-12H2,1-6H3,(H,22,29)/t14-/m1/s1. The summed E-state index contributed by atoms with van der Waals surface area (Å²) in [6.07, 6.45) is 2.56. The number of esters is 1. The van der Waals surface area contributed by atoms with Crippen LogP contribution in [0.3, 0.4) is 0 Å². The van der Waals surface area contributed by atoms with E-state index in [4.69, 9.17) is 9.47 Å². The van der Waals surface area contributed by atoms with Gasteiger partial charge in [-0.2, -0.15) is 0 Å². The Balaban J connectivity index is 2.16. The Morgan fingerprint density at radius 3 is 2.47 bits per heavy atom. The summed E-state index contributed by atoms with van der Waals surface area (Å²) in [4.78, 5) is 53.1. The van der Waals surface area contributed by atoms with Crippen LogP contribution in [0.4, 0.5) is 4.79 Å². The lowest BCUT2D eigenvalue weighted by atomic mass is 10.2. The van der Waals surface area contributed by atoms with Crippen LogP contribution in [-0.2, 0) is 34.4 Å². The fourth-order valence-corrected chi connectivity index (χ4v) is 3.34. The minimum absolute atomic E-state index is 0.134. The van der Waals surface area contributed by atoms with Crippen LogP contribution in [0.1, 0.15) is 53.9 Å². The zero-order chi connectivity index (χ0) is 24.1.